The minimum Gasteiger partial charge on any atom is -0.301 e. The Morgan fingerprint density at radius 2 is 2.00 bits per heavy atom. The third kappa shape index (κ3) is 1.91. The van der Waals surface area contributed by atoms with Crippen molar-refractivity contribution >= 4 is 10.2 Å². The van der Waals surface area contributed by atoms with Gasteiger partial charge in [-0.05, 0) is 12.8 Å². The highest BCUT2D eigenvalue weighted by atomic mass is 32.2. The van der Waals surface area contributed by atoms with E-state index in [0.717, 1.165) is 19.3 Å². The van der Waals surface area contributed by atoms with Crippen LogP contribution in [0.4, 0.5) is 0 Å². The molecule has 10 heavy (non-hydrogen) atoms. The first-order valence-corrected chi connectivity index (χ1v) is 4.55. The van der Waals surface area contributed by atoms with Crippen molar-refractivity contribution in [3.63, 3.8) is 0 Å². The monoisotopic (exact) mass is 166 g/mol. The van der Waals surface area contributed by atoms with Crippen LogP contribution in [-0.2, 0) is 10.2 Å². The summed E-state index contributed by atoms with van der Waals surface area (Å²) in [7, 11) is -3.62. The Morgan fingerprint density at radius 3 is 2.30 bits per heavy atom. The van der Waals surface area contributed by atoms with E-state index in [2.05, 4.69) is 4.72 Å². The van der Waals surface area contributed by atoms with Gasteiger partial charge in [0.15, 0.2) is 0 Å². The van der Waals surface area contributed by atoms with E-state index in [9.17, 15) is 8.42 Å². The van der Waals surface area contributed by atoms with Crippen LogP contribution in [0.25, 0.3) is 0 Å². The Kier molecular flexibility index (Phi) is 2.24. The lowest BCUT2D eigenvalue weighted by atomic mass is 9.94. The Morgan fingerprint density at radius 1 is 1.40 bits per heavy atom. The van der Waals surface area contributed by atoms with Crippen molar-refractivity contribution in [1.29, 1.82) is 0 Å². The summed E-state index contributed by atoms with van der Waals surface area (Å²) < 4.78 is 23.3. The van der Waals surface area contributed by atoms with E-state index >= 15 is 0 Å². The zero-order chi connectivity index (χ0) is 7.61. The Labute approximate surface area is 59.6 Å². The van der Waals surface area contributed by atoms with E-state index in [1.54, 1.807) is 0 Å². The van der Waals surface area contributed by atoms with Crippen LogP contribution in [0.3, 0.4) is 0 Å². The first kappa shape index (κ1) is 7.93. The fraction of sp³-hybridized carbons (Fsp3) is 1.00. The summed E-state index contributed by atoms with van der Waals surface area (Å²) in [4.78, 5) is 1.20. The second-order valence-electron chi connectivity index (χ2n) is 2.34. The van der Waals surface area contributed by atoms with Gasteiger partial charge in [0.2, 0.25) is 0 Å². The molecule has 1 fully saturated rings. The van der Waals surface area contributed by atoms with E-state index in [4.69, 9.17) is 5.21 Å². The molecule has 0 atom stereocenters. The normalized spacial score (nSPS) is 20.5. The molecule has 0 aromatic carbocycles. The molecule has 1 rings (SSSR count). The molecule has 1 aliphatic carbocycles. The fourth-order valence-corrected chi connectivity index (χ4v) is 1.50. The van der Waals surface area contributed by atoms with Crippen molar-refractivity contribution < 1.29 is 13.6 Å². The van der Waals surface area contributed by atoms with Gasteiger partial charge in [-0.1, -0.05) is 11.3 Å². The lowest BCUT2D eigenvalue weighted by molar-refractivity contribution is 0.236. The summed E-state index contributed by atoms with van der Waals surface area (Å²) >= 11 is 0. The molecule has 0 aromatic rings. The van der Waals surface area contributed by atoms with Crippen LogP contribution in [0.2, 0.25) is 0 Å². The summed E-state index contributed by atoms with van der Waals surface area (Å²) in [6.07, 6.45) is 2.78. The largest absolute Gasteiger partial charge is 0.301 e. The topological polar surface area (TPSA) is 78.4 Å². The number of nitrogens with one attached hydrogen (secondary N) is 2. The van der Waals surface area contributed by atoms with Gasteiger partial charge in [-0.3, -0.25) is 0 Å². The molecule has 1 saturated carbocycles. The summed E-state index contributed by atoms with van der Waals surface area (Å²) in [6.45, 7) is 0. The van der Waals surface area contributed by atoms with Gasteiger partial charge in [0.1, 0.15) is 0 Å². The molecule has 0 unspecified atom stereocenters. The van der Waals surface area contributed by atoms with Crippen LogP contribution in [0, 0.1) is 0 Å². The van der Waals surface area contributed by atoms with Gasteiger partial charge >= 0.3 is 0 Å². The van der Waals surface area contributed by atoms with Crippen LogP contribution >= 0.6 is 0 Å². The molecule has 0 aliphatic heterocycles. The van der Waals surface area contributed by atoms with E-state index < -0.39 is 10.2 Å². The van der Waals surface area contributed by atoms with Crippen molar-refractivity contribution in [3.8, 4) is 0 Å². The maximum atomic E-state index is 10.5. The van der Waals surface area contributed by atoms with Crippen molar-refractivity contribution in [1.82, 2.24) is 9.61 Å². The van der Waals surface area contributed by atoms with Gasteiger partial charge in [-0.2, -0.15) is 13.1 Å². The smallest absolute Gasteiger partial charge is 0.299 e. The predicted octanol–water partition coefficient (Wildman–Crippen LogP) is -0.648. The summed E-state index contributed by atoms with van der Waals surface area (Å²) in [5.41, 5.74) is 0. The molecule has 60 valence electrons. The summed E-state index contributed by atoms with van der Waals surface area (Å²) in [5.74, 6) is 0. The maximum absolute atomic E-state index is 10.5. The Hall–Kier alpha value is -0.170. The second kappa shape index (κ2) is 2.83. The Bertz CT molecular complexity index is 197. The lowest BCUT2D eigenvalue weighted by Gasteiger charge is -2.25. The molecule has 0 heterocycles. The van der Waals surface area contributed by atoms with Gasteiger partial charge in [0.05, 0.1) is 0 Å². The average Bonchev–Trinajstić information content (AvgIpc) is 1.80. The second-order valence-corrected chi connectivity index (χ2v) is 3.77. The predicted molar refractivity (Wildman–Crippen MR) is 34.6 cm³/mol. The van der Waals surface area contributed by atoms with Crippen LogP contribution in [0.1, 0.15) is 19.3 Å². The van der Waals surface area contributed by atoms with Crippen molar-refractivity contribution in [3.05, 3.63) is 0 Å². The van der Waals surface area contributed by atoms with Gasteiger partial charge in [-0.25, -0.2) is 0 Å². The van der Waals surface area contributed by atoms with Crippen LogP contribution in [0.15, 0.2) is 0 Å². The Balaban J connectivity index is 2.36. The minimum absolute atomic E-state index is 0.0182. The highest BCUT2D eigenvalue weighted by Crippen LogP contribution is 2.18. The number of hydrogen-bond donors (Lipinski definition) is 3. The maximum Gasteiger partial charge on any atom is 0.299 e. The van der Waals surface area contributed by atoms with Crippen molar-refractivity contribution in [2.75, 3.05) is 0 Å². The molecule has 0 radical (unpaired) electrons. The quantitative estimate of drug-likeness (QED) is 0.487. The lowest BCUT2D eigenvalue weighted by Crippen LogP contribution is -2.44. The van der Waals surface area contributed by atoms with Gasteiger partial charge in [0, 0.05) is 6.04 Å². The molecule has 0 spiro atoms. The van der Waals surface area contributed by atoms with E-state index in [1.807, 2.05) is 0 Å². The molecule has 5 nitrogen and oxygen atoms in total. The van der Waals surface area contributed by atoms with Crippen LogP contribution in [-0.4, -0.2) is 19.7 Å². The van der Waals surface area contributed by atoms with E-state index in [-0.39, 0.29) is 6.04 Å². The molecular formula is C4H10N2O3S. The zero-order valence-corrected chi connectivity index (χ0v) is 6.19. The fourth-order valence-electron chi connectivity index (χ4n) is 0.772. The van der Waals surface area contributed by atoms with Crippen LogP contribution < -0.4 is 9.61 Å². The summed E-state index contributed by atoms with van der Waals surface area (Å²) in [6, 6.07) is 0.0182. The SMILES string of the molecule is O=S(=O)(NO)NC1CCC1. The molecule has 1 aliphatic rings. The first-order valence-electron chi connectivity index (χ1n) is 3.07. The minimum atomic E-state index is -3.62. The van der Waals surface area contributed by atoms with Crippen LogP contribution in [0.5, 0.6) is 0 Å². The van der Waals surface area contributed by atoms with E-state index in [1.165, 1.54) is 4.89 Å². The van der Waals surface area contributed by atoms with Gasteiger partial charge in [-0.15, -0.1) is 0 Å². The van der Waals surface area contributed by atoms with Crippen molar-refractivity contribution in [2.45, 2.75) is 25.3 Å². The molecule has 0 saturated heterocycles. The first-order chi connectivity index (χ1) is 4.64. The average molecular weight is 166 g/mol. The zero-order valence-electron chi connectivity index (χ0n) is 5.37. The molecule has 0 aromatic heterocycles. The number of rotatable bonds is 3. The molecule has 3 N–H and O–H groups in total. The highest BCUT2D eigenvalue weighted by molar-refractivity contribution is 7.87. The molecule has 6 heteroatoms. The summed E-state index contributed by atoms with van der Waals surface area (Å²) in [5, 5.41) is 8.06. The standard InChI is InChI=1S/C4H10N2O3S/c7-6-10(8,9)5-4-2-1-3-4/h4-7H,1-3H2. The molecular weight excluding hydrogens is 156 g/mol. The number of hydrogen-bond acceptors (Lipinski definition) is 3. The van der Waals surface area contributed by atoms with Crippen molar-refractivity contribution in [2.24, 2.45) is 0 Å². The molecule has 0 bridgehead atoms. The molecule has 0 amide bonds. The highest BCUT2D eigenvalue weighted by Gasteiger charge is 2.22. The van der Waals surface area contributed by atoms with Gasteiger partial charge in [0.25, 0.3) is 10.2 Å². The van der Waals surface area contributed by atoms with Gasteiger partial charge < -0.3 is 5.21 Å². The third-order valence-corrected chi connectivity index (χ3v) is 2.43. The van der Waals surface area contributed by atoms with E-state index in [0.29, 0.717) is 0 Å². The third-order valence-electron chi connectivity index (χ3n) is 1.55.